The highest BCUT2D eigenvalue weighted by Crippen LogP contribution is 2.27. The average molecular weight is 409 g/mol. The van der Waals surface area contributed by atoms with Crippen LogP contribution >= 0.6 is 11.3 Å². The van der Waals surface area contributed by atoms with Gasteiger partial charge in [-0.1, -0.05) is 0 Å². The number of rotatable bonds is 4. The molecular formula is C20H24N8S. The second-order valence-electron chi connectivity index (χ2n) is 7.65. The zero-order valence-electron chi connectivity index (χ0n) is 16.5. The summed E-state index contributed by atoms with van der Waals surface area (Å²) >= 11 is 1.82. The van der Waals surface area contributed by atoms with Crippen LogP contribution in [0.2, 0.25) is 0 Å². The van der Waals surface area contributed by atoms with Crippen molar-refractivity contribution >= 4 is 16.5 Å². The van der Waals surface area contributed by atoms with E-state index in [1.54, 1.807) is 12.4 Å². The Balaban J connectivity index is 1.24. The maximum Gasteiger partial charge on any atom is 0.185 e. The largest absolute Gasteiger partial charge is 0.346 e. The van der Waals surface area contributed by atoms with Crippen molar-refractivity contribution in [3.63, 3.8) is 0 Å². The number of hydrogen-bond donors (Lipinski definition) is 0. The Hall–Kier alpha value is -2.49. The second kappa shape index (κ2) is 8.10. The van der Waals surface area contributed by atoms with Crippen LogP contribution in [-0.2, 0) is 19.5 Å². The minimum atomic E-state index is 0.706. The highest BCUT2D eigenvalue weighted by atomic mass is 32.1. The first-order chi connectivity index (χ1) is 14.2. The molecule has 2 aliphatic rings. The molecule has 9 heteroatoms. The summed E-state index contributed by atoms with van der Waals surface area (Å²) in [4.78, 5) is 30.7. The van der Waals surface area contributed by atoms with Gasteiger partial charge in [0.05, 0.1) is 11.3 Å². The summed E-state index contributed by atoms with van der Waals surface area (Å²) in [6, 6.07) is 0. The van der Waals surface area contributed by atoms with Crippen molar-refractivity contribution in [2.24, 2.45) is 0 Å². The van der Waals surface area contributed by atoms with E-state index in [1.165, 1.54) is 16.8 Å². The summed E-state index contributed by atoms with van der Waals surface area (Å²) in [5, 5.41) is 1.16. The molecule has 3 aromatic heterocycles. The highest BCUT2D eigenvalue weighted by molar-refractivity contribution is 7.15. The zero-order valence-corrected chi connectivity index (χ0v) is 17.3. The fourth-order valence-electron chi connectivity index (χ4n) is 3.80. The molecule has 0 N–H and O–H groups in total. The van der Waals surface area contributed by atoms with Crippen LogP contribution in [0.4, 0.5) is 5.13 Å². The third-order valence-corrected chi connectivity index (χ3v) is 6.57. The summed E-state index contributed by atoms with van der Waals surface area (Å²) < 4.78 is 0. The van der Waals surface area contributed by atoms with Crippen molar-refractivity contribution in [1.82, 2.24) is 34.7 Å². The van der Waals surface area contributed by atoms with Crippen LogP contribution in [0.3, 0.4) is 0 Å². The number of fused-ring (bicyclic) bond motifs is 1. The molecule has 5 heterocycles. The maximum atomic E-state index is 4.76. The fourth-order valence-corrected chi connectivity index (χ4v) is 4.80. The SMILES string of the molecule is CN1CCN(c2ncc(CN3CCc4nc(-c5cncnc5)ncc4C3)s2)CC1. The van der Waals surface area contributed by atoms with Gasteiger partial charge in [-0.05, 0) is 7.05 Å². The van der Waals surface area contributed by atoms with Crippen molar-refractivity contribution in [2.75, 3.05) is 44.7 Å². The first-order valence-electron chi connectivity index (χ1n) is 9.95. The van der Waals surface area contributed by atoms with E-state index in [9.17, 15) is 0 Å². The standard InChI is InChI=1S/C20H24N8S/c1-26-4-6-28(7-5-26)20-24-11-17(29-20)13-27-3-2-18-16(12-27)10-23-19(25-18)15-8-21-14-22-9-15/h8-11,14H,2-7,12-13H2,1H3. The van der Waals surface area contributed by atoms with Crippen LogP contribution < -0.4 is 4.90 Å². The fraction of sp³-hybridized carbons (Fsp3) is 0.450. The summed E-state index contributed by atoms with van der Waals surface area (Å²) in [5.74, 6) is 0.706. The van der Waals surface area contributed by atoms with Gasteiger partial charge in [0.1, 0.15) is 6.33 Å². The van der Waals surface area contributed by atoms with E-state index in [2.05, 4.69) is 41.7 Å². The number of hydrogen-bond acceptors (Lipinski definition) is 9. The average Bonchev–Trinajstić information content (AvgIpc) is 3.23. The van der Waals surface area contributed by atoms with E-state index < -0.39 is 0 Å². The van der Waals surface area contributed by atoms with Gasteiger partial charge >= 0.3 is 0 Å². The lowest BCUT2D eigenvalue weighted by Crippen LogP contribution is -2.44. The molecule has 0 saturated carbocycles. The van der Waals surface area contributed by atoms with Gasteiger partial charge in [0.25, 0.3) is 0 Å². The minimum Gasteiger partial charge on any atom is -0.346 e. The Morgan fingerprint density at radius 1 is 0.966 bits per heavy atom. The molecular weight excluding hydrogens is 384 g/mol. The molecule has 0 spiro atoms. The van der Waals surface area contributed by atoms with Crippen molar-refractivity contribution in [1.29, 1.82) is 0 Å². The third-order valence-electron chi connectivity index (χ3n) is 5.53. The molecule has 1 saturated heterocycles. The lowest BCUT2D eigenvalue weighted by atomic mass is 10.1. The van der Waals surface area contributed by atoms with Crippen LogP contribution in [0.25, 0.3) is 11.4 Å². The molecule has 1 fully saturated rings. The summed E-state index contributed by atoms with van der Waals surface area (Å²) in [5.41, 5.74) is 3.21. The zero-order chi connectivity index (χ0) is 19.6. The first-order valence-corrected chi connectivity index (χ1v) is 10.8. The van der Waals surface area contributed by atoms with Crippen LogP contribution in [-0.4, -0.2) is 74.5 Å². The summed E-state index contributed by atoms with van der Waals surface area (Å²) in [7, 11) is 2.18. The van der Waals surface area contributed by atoms with Gasteiger partial charge in [-0.25, -0.2) is 24.9 Å². The Morgan fingerprint density at radius 3 is 2.62 bits per heavy atom. The lowest BCUT2D eigenvalue weighted by Gasteiger charge is -2.32. The summed E-state index contributed by atoms with van der Waals surface area (Å²) in [6.07, 6.45) is 9.97. The Morgan fingerprint density at radius 2 is 1.79 bits per heavy atom. The van der Waals surface area contributed by atoms with Gasteiger partial charge in [-0.2, -0.15) is 0 Å². The highest BCUT2D eigenvalue weighted by Gasteiger charge is 2.21. The predicted molar refractivity (Wildman–Crippen MR) is 113 cm³/mol. The molecule has 29 heavy (non-hydrogen) atoms. The van der Waals surface area contributed by atoms with Crippen LogP contribution in [0, 0.1) is 0 Å². The quantitative estimate of drug-likeness (QED) is 0.646. The minimum absolute atomic E-state index is 0.706. The van der Waals surface area contributed by atoms with Crippen LogP contribution in [0.1, 0.15) is 16.1 Å². The van der Waals surface area contributed by atoms with Gasteiger partial charge in [0, 0.05) is 87.5 Å². The predicted octanol–water partition coefficient (Wildman–Crippen LogP) is 1.70. The molecule has 0 unspecified atom stereocenters. The van der Waals surface area contributed by atoms with Crippen molar-refractivity contribution < 1.29 is 0 Å². The van der Waals surface area contributed by atoms with Gasteiger partial charge in [0.15, 0.2) is 11.0 Å². The molecule has 0 aromatic carbocycles. The number of likely N-dealkylation sites (N-methyl/N-ethyl adjacent to an activating group) is 1. The molecule has 150 valence electrons. The number of thiazole rings is 1. The van der Waals surface area contributed by atoms with Gasteiger partial charge in [-0.3, -0.25) is 4.90 Å². The van der Waals surface area contributed by atoms with Crippen LogP contribution in [0.5, 0.6) is 0 Å². The van der Waals surface area contributed by atoms with Gasteiger partial charge in [0.2, 0.25) is 0 Å². The first kappa shape index (κ1) is 18.5. The van der Waals surface area contributed by atoms with Crippen molar-refractivity contribution in [2.45, 2.75) is 19.5 Å². The molecule has 2 aliphatic heterocycles. The number of aromatic nitrogens is 5. The second-order valence-corrected chi connectivity index (χ2v) is 8.75. The van der Waals surface area contributed by atoms with E-state index in [-0.39, 0.29) is 0 Å². The molecule has 5 rings (SSSR count). The van der Waals surface area contributed by atoms with Gasteiger partial charge in [-0.15, -0.1) is 11.3 Å². The molecule has 8 nitrogen and oxygen atoms in total. The molecule has 0 radical (unpaired) electrons. The molecule has 0 amide bonds. The number of nitrogens with zero attached hydrogens (tertiary/aromatic N) is 8. The monoisotopic (exact) mass is 408 g/mol. The van der Waals surface area contributed by atoms with E-state index in [0.29, 0.717) is 5.82 Å². The lowest BCUT2D eigenvalue weighted by molar-refractivity contribution is 0.245. The molecule has 0 atom stereocenters. The Kier molecular flexibility index (Phi) is 5.17. The Labute approximate surface area is 174 Å². The maximum absolute atomic E-state index is 4.76. The molecule has 0 aliphatic carbocycles. The topological polar surface area (TPSA) is 74.2 Å². The normalized spacial score (nSPS) is 18.0. The van der Waals surface area contributed by atoms with Crippen molar-refractivity contribution in [3.8, 4) is 11.4 Å². The number of anilines is 1. The molecule has 3 aromatic rings. The van der Waals surface area contributed by atoms with Crippen LogP contribution in [0.15, 0.2) is 31.1 Å². The van der Waals surface area contributed by atoms with Gasteiger partial charge < -0.3 is 9.80 Å². The summed E-state index contributed by atoms with van der Waals surface area (Å²) in [6.45, 7) is 7.14. The van der Waals surface area contributed by atoms with Crippen molar-refractivity contribution in [3.05, 3.63) is 47.2 Å². The third kappa shape index (κ3) is 4.12. The van der Waals surface area contributed by atoms with E-state index in [4.69, 9.17) is 4.98 Å². The number of piperazine rings is 1. The smallest absolute Gasteiger partial charge is 0.185 e. The molecule has 0 bridgehead atoms. The van der Waals surface area contributed by atoms with E-state index in [0.717, 1.165) is 68.6 Å². The Bertz CT molecular complexity index is 968. The van der Waals surface area contributed by atoms with E-state index in [1.807, 2.05) is 23.7 Å². The van der Waals surface area contributed by atoms with E-state index >= 15 is 0 Å².